The van der Waals surface area contributed by atoms with Crippen LogP contribution in [0.4, 0.5) is 0 Å². The summed E-state index contributed by atoms with van der Waals surface area (Å²) in [7, 11) is 0. The fourth-order valence-electron chi connectivity index (χ4n) is 9.05. The number of nitrogens with one attached hydrogen (secondary N) is 4. The predicted molar refractivity (Wildman–Crippen MR) is 244 cm³/mol. The van der Waals surface area contributed by atoms with Crippen molar-refractivity contribution < 1.29 is 58.5 Å². The lowest BCUT2D eigenvalue weighted by atomic mass is 10.0. The van der Waals surface area contributed by atoms with E-state index in [0.29, 0.717) is 25.7 Å². The smallest absolute Gasteiger partial charge is 0.326 e. The number of likely N-dealkylation sites (tertiary alicyclic amines) is 4. The summed E-state index contributed by atoms with van der Waals surface area (Å²) in [4.78, 5) is 131. The van der Waals surface area contributed by atoms with E-state index in [4.69, 9.17) is 17.2 Å². The van der Waals surface area contributed by atoms with Crippen LogP contribution in [0.1, 0.15) is 91.9 Å². The summed E-state index contributed by atoms with van der Waals surface area (Å²) in [5.74, 6) is -7.33. The molecule has 24 nitrogen and oxygen atoms in total. The Bertz CT molecular complexity index is 1870. The number of aliphatic carboxylic acids is 1. The molecule has 0 aliphatic carbocycles. The number of guanidine groups is 1. The number of aliphatic hydroxyl groups is 2. The van der Waals surface area contributed by atoms with Crippen molar-refractivity contribution in [2.24, 2.45) is 28.1 Å². The first kappa shape index (κ1) is 54.3. The van der Waals surface area contributed by atoms with Gasteiger partial charge in [-0.15, -0.1) is 0 Å². The van der Waals surface area contributed by atoms with Gasteiger partial charge in [-0.1, -0.05) is 13.8 Å². The summed E-state index contributed by atoms with van der Waals surface area (Å²) in [6.45, 7) is 6.83. The van der Waals surface area contributed by atoms with E-state index in [1.54, 1.807) is 13.8 Å². The van der Waals surface area contributed by atoms with Crippen LogP contribution in [0.3, 0.4) is 0 Å². The van der Waals surface area contributed by atoms with E-state index in [0.717, 1.165) is 4.90 Å². The molecule has 0 aromatic rings. The first-order valence-corrected chi connectivity index (χ1v) is 23.7. The first-order chi connectivity index (χ1) is 31.6. The van der Waals surface area contributed by atoms with Crippen molar-refractivity contribution >= 4 is 71.8 Å². The Kier molecular flexibility index (Phi) is 20.0. The zero-order valence-corrected chi connectivity index (χ0v) is 39.6. The van der Waals surface area contributed by atoms with E-state index in [2.05, 4.69) is 38.9 Å². The van der Waals surface area contributed by atoms with Gasteiger partial charge >= 0.3 is 5.97 Å². The number of carboxylic acids is 1. The highest BCUT2D eigenvalue weighted by molar-refractivity contribution is 7.80. The van der Waals surface area contributed by atoms with Crippen molar-refractivity contribution in [1.29, 1.82) is 0 Å². The lowest BCUT2D eigenvalue weighted by Gasteiger charge is -2.34. The molecule has 4 heterocycles. The van der Waals surface area contributed by atoms with Gasteiger partial charge in [0.2, 0.25) is 47.3 Å². The Balaban J connectivity index is 1.42. The molecule has 13 N–H and O–H groups in total. The summed E-state index contributed by atoms with van der Waals surface area (Å²) < 4.78 is 0. The minimum atomic E-state index is -1.47. The minimum absolute atomic E-state index is 0.0911. The molecule has 4 fully saturated rings. The topological polar surface area (TPSA) is 366 Å². The third-order valence-electron chi connectivity index (χ3n) is 12.8. The zero-order chi connectivity index (χ0) is 49.9. The lowest BCUT2D eigenvalue weighted by molar-refractivity contribution is -0.151. The predicted octanol–water partition coefficient (Wildman–Crippen LogP) is -4.30. The fourth-order valence-corrected chi connectivity index (χ4v) is 9.30. The fraction of sp³-hybridized carbons (Fsp3) is 0.762. The molecule has 4 aliphatic heterocycles. The molecular weight excluding hydrogens is 897 g/mol. The van der Waals surface area contributed by atoms with Crippen LogP contribution in [0.15, 0.2) is 4.99 Å². The Labute approximate surface area is 395 Å². The molecule has 376 valence electrons. The number of nitrogens with two attached hydrogens (primary N) is 3. The molecule has 25 heteroatoms. The van der Waals surface area contributed by atoms with Gasteiger partial charge in [0, 0.05) is 38.5 Å². The summed E-state index contributed by atoms with van der Waals surface area (Å²) in [6, 6.07) is -10.5. The van der Waals surface area contributed by atoms with Crippen LogP contribution in [-0.4, -0.2) is 199 Å². The van der Waals surface area contributed by atoms with Crippen LogP contribution in [0.5, 0.6) is 0 Å². The van der Waals surface area contributed by atoms with E-state index in [1.807, 2.05) is 0 Å². The number of hydrogen-bond donors (Lipinski definition) is 11. The average Bonchev–Trinajstić information content (AvgIpc) is 4.13. The van der Waals surface area contributed by atoms with Gasteiger partial charge < -0.3 is 73.4 Å². The highest BCUT2D eigenvalue weighted by Crippen LogP contribution is 2.27. The number of carboxylic acid groups (broad SMARTS) is 1. The number of aliphatic imine (C=N–C) groups is 1. The maximum absolute atomic E-state index is 14.2. The monoisotopic (exact) mass is 966 g/mol. The van der Waals surface area contributed by atoms with Crippen LogP contribution in [0.25, 0.3) is 0 Å². The van der Waals surface area contributed by atoms with Crippen molar-refractivity contribution in [2.75, 3.05) is 38.5 Å². The summed E-state index contributed by atoms with van der Waals surface area (Å²) >= 11 is 4.31. The number of carbonyl (C=O) groups is 9. The van der Waals surface area contributed by atoms with E-state index in [1.165, 1.54) is 28.5 Å². The second kappa shape index (κ2) is 24.7. The van der Waals surface area contributed by atoms with Crippen molar-refractivity contribution in [3.05, 3.63) is 0 Å². The Morgan fingerprint density at radius 3 is 1.64 bits per heavy atom. The number of hydrogen-bond acceptors (Lipinski definition) is 14. The van der Waals surface area contributed by atoms with Gasteiger partial charge in [-0.05, 0) is 84.0 Å². The SMILES string of the molecule is CC(C)[C@H](NC(=O)[C@H](CS)NC(=O)[C@@H]1CCCN1C(=O)[C@@H]1CCCN1C(=O)[C@H](CCCN=C(N)N)NC(=O)[C@@H](N)[C@@H](C)O)C(=O)N1CCC[C@H]1C(=O)N[C@H](C(=O)N1CCC[C@H]1C(=O)O)[C@@H](C)O. The van der Waals surface area contributed by atoms with Gasteiger partial charge in [-0.2, -0.15) is 12.6 Å². The van der Waals surface area contributed by atoms with Crippen LogP contribution in [-0.2, 0) is 43.2 Å². The van der Waals surface area contributed by atoms with Crippen molar-refractivity contribution in [2.45, 2.75) is 158 Å². The van der Waals surface area contributed by atoms with Gasteiger partial charge in [-0.25, -0.2) is 4.79 Å². The van der Waals surface area contributed by atoms with E-state index in [9.17, 15) is 58.5 Å². The Morgan fingerprint density at radius 1 is 0.627 bits per heavy atom. The van der Waals surface area contributed by atoms with Gasteiger partial charge in [0.05, 0.1) is 12.2 Å². The second-order valence-corrected chi connectivity index (χ2v) is 18.4. The first-order valence-electron chi connectivity index (χ1n) is 23.0. The van der Waals surface area contributed by atoms with Gasteiger partial charge in [0.1, 0.15) is 54.4 Å². The van der Waals surface area contributed by atoms with Crippen LogP contribution >= 0.6 is 12.6 Å². The largest absolute Gasteiger partial charge is 0.480 e. The second-order valence-electron chi connectivity index (χ2n) is 18.1. The number of amides is 8. The maximum atomic E-state index is 14.2. The van der Waals surface area contributed by atoms with Crippen molar-refractivity contribution in [1.82, 2.24) is 40.9 Å². The molecule has 0 unspecified atom stereocenters. The molecule has 67 heavy (non-hydrogen) atoms. The van der Waals surface area contributed by atoms with Crippen LogP contribution < -0.4 is 38.5 Å². The molecule has 0 radical (unpaired) electrons. The Hall–Kier alpha value is -5.27. The molecule has 4 saturated heterocycles. The molecule has 4 aliphatic rings. The zero-order valence-electron chi connectivity index (χ0n) is 38.7. The molecule has 0 aromatic heterocycles. The van der Waals surface area contributed by atoms with E-state index in [-0.39, 0.29) is 83.0 Å². The number of nitrogens with zero attached hydrogens (tertiary/aromatic N) is 5. The van der Waals surface area contributed by atoms with E-state index < -0.39 is 126 Å². The quantitative estimate of drug-likeness (QED) is 0.0224. The third kappa shape index (κ3) is 13.7. The van der Waals surface area contributed by atoms with Gasteiger partial charge in [-0.3, -0.25) is 43.3 Å². The summed E-state index contributed by atoms with van der Waals surface area (Å²) in [6.07, 6.45) is 0.540. The average molecular weight is 967 g/mol. The van der Waals surface area contributed by atoms with Gasteiger partial charge in [0.15, 0.2) is 5.96 Å². The molecule has 0 bridgehead atoms. The molecule has 11 atom stereocenters. The molecule has 4 rings (SSSR count). The molecular formula is C42H70N12O12S. The molecule has 0 spiro atoms. The summed E-state index contributed by atoms with van der Waals surface area (Å²) in [5.41, 5.74) is 16.7. The third-order valence-corrected chi connectivity index (χ3v) is 13.2. The van der Waals surface area contributed by atoms with Crippen LogP contribution in [0.2, 0.25) is 0 Å². The number of rotatable bonds is 21. The summed E-state index contributed by atoms with van der Waals surface area (Å²) in [5, 5.41) is 40.5. The standard InChI is InChI=1S/C42H70N12O12S/c1-21(2)31(39(63)52-17-7-12-27(52)35(59)50-32(23(4)56)40(64)54-19-9-14-29(54)41(65)66)49-33(57)25(20-67)48-34(58)26-11-6-16-51(26)38(62)28-13-8-18-53(28)37(61)24(10-5-15-46-42(44)45)47-36(60)30(43)22(3)55/h21-32,55-56,67H,5-20,43H2,1-4H3,(H,47,60)(H,48,58)(H,49,57)(H,50,59)(H,65,66)(H4,44,45,46)/t22-,23-,24+,25+,26+,27+,28+,29+,30+,31+,32+/m1/s1. The highest BCUT2D eigenvalue weighted by Gasteiger charge is 2.46. The van der Waals surface area contributed by atoms with E-state index >= 15 is 0 Å². The minimum Gasteiger partial charge on any atom is -0.480 e. The lowest BCUT2D eigenvalue weighted by Crippen LogP contribution is -2.61. The normalized spacial score (nSPS) is 23.7. The van der Waals surface area contributed by atoms with Crippen molar-refractivity contribution in [3.63, 3.8) is 0 Å². The van der Waals surface area contributed by atoms with Gasteiger partial charge in [0.25, 0.3) is 0 Å². The number of aliphatic hydroxyl groups excluding tert-OH is 2. The highest BCUT2D eigenvalue weighted by atomic mass is 32.1. The molecule has 0 aromatic carbocycles. The molecule has 0 saturated carbocycles. The Morgan fingerprint density at radius 2 is 1.12 bits per heavy atom. The maximum Gasteiger partial charge on any atom is 0.326 e. The number of thiol groups is 1. The molecule has 8 amide bonds. The van der Waals surface area contributed by atoms with Crippen LogP contribution in [0, 0.1) is 5.92 Å². The van der Waals surface area contributed by atoms with Crippen molar-refractivity contribution in [3.8, 4) is 0 Å². The number of carbonyl (C=O) groups excluding carboxylic acids is 8.